The summed E-state index contributed by atoms with van der Waals surface area (Å²) in [7, 11) is 1.34. The Kier molecular flexibility index (Phi) is 5.02. The predicted octanol–water partition coefficient (Wildman–Crippen LogP) is 1.67. The molecule has 0 aromatic heterocycles. The van der Waals surface area contributed by atoms with Gasteiger partial charge < -0.3 is 20.1 Å². The van der Waals surface area contributed by atoms with Crippen LogP contribution in [-0.4, -0.2) is 47.8 Å². The third-order valence-corrected chi connectivity index (χ3v) is 3.67. The SMILES string of the molecule is COC(=O)CC1(N)CCCN(C(=O)OC(C)(C)C)C1C. The molecule has 20 heavy (non-hydrogen) atoms. The number of hydrogen-bond donors (Lipinski definition) is 1. The highest BCUT2D eigenvalue weighted by Crippen LogP contribution is 2.30. The van der Waals surface area contributed by atoms with Gasteiger partial charge in [0.25, 0.3) is 0 Å². The largest absolute Gasteiger partial charge is 0.469 e. The van der Waals surface area contributed by atoms with E-state index in [9.17, 15) is 9.59 Å². The molecule has 6 heteroatoms. The number of carbonyl (C=O) groups excluding carboxylic acids is 2. The van der Waals surface area contributed by atoms with Crippen LogP contribution in [0, 0.1) is 0 Å². The molecule has 0 saturated carbocycles. The van der Waals surface area contributed by atoms with E-state index < -0.39 is 11.1 Å². The summed E-state index contributed by atoms with van der Waals surface area (Å²) in [6.07, 6.45) is 1.15. The molecule has 2 atom stereocenters. The fourth-order valence-electron chi connectivity index (χ4n) is 2.44. The van der Waals surface area contributed by atoms with Crippen LogP contribution in [0.25, 0.3) is 0 Å². The summed E-state index contributed by atoms with van der Waals surface area (Å²) < 4.78 is 10.1. The fraction of sp³-hybridized carbons (Fsp3) is 0.857. The molecule has 1 saturated heterocycles. The molecule has 1 amide bonds. The average Bonchev–Trinajstić information content (AvgIpc) is 2.30. The van der Waals surface area contributed by atoms with Gasteiger partial charge in [0, 0.05) is 12.1 Å². The Morgan fingerprint density at radius 1 is 1.40 bits per heavy atom. The van der Waals surface area contributed by atoms with E-state index in [-0.39, 0.29) is 24.5 Å². The van der Waals surface area contributed by atoms with Crippen LogP contribution in [0.3, 0.4) is 0 Å². The van der Waals surface area contributed by atoms with E-state index in [1.165, 1.54) is 7.11 Å². The lowest BCUT2D eigenvalue weighted by atomic mass is 9.80. The number of nitrogens with two attached hydrogens (primary N) is 1. The van der Waals surface area contributed by atoms with Crippen molar-refractivity contribution in [3.63, 3.8) is 0 Å². The Morgan fingerprint density at radius 2 is 2.00 bits per heavy atom. The molecule has 0 spiro atoms. The van der Waals surface area contributed by atoms with Crippen LogP contribution in [-0.2, 0) is 14.3 Å². The lowest BCUT2D eigenvalue weighted by Gasteiger charge is -2.45. The van der Waals surface area contributed by atoms with Crippen LogP contribution < -0.4 is 5.73 Å². The molecule has 0 aliphatic carbocycles. The number of methoxy groups -OCH3 is 1. The minimum Gasteiger partial charge on any atom is -0.469 e. The van der Waals surface area contributed by atoms with E-state index in [4.69, 9.17) is 10.5 Å². The van der Waals surface area contributed by atoms with Crippen LogP contribution in [0.4, 0.5) is 4.79 Å². The van der Waals surface area contributed by atoms with Crippen molar-refractivity contribution in [2.75, 3.05) is 13.7 Å². The van der Waals surface area contributed by atoms with Gasteiger partial charge in [-0.3, -0.25) is 4.79 Å². The fourth-order valence-corrected chi connectivity index (χ4v) is 2.44. The van der Waals surface area contributed by atoms with Crippen molar-refractivity contribution in [2.45, 2.75) is 64.1 Å². The second-order valence-corrected chi connectivity index (χ2v) is 6.44. The second kappa shape index (κ2) is 5.99. The highest BCUT2D eigenvalue weighted by molar-refractivity contribution is 5.72. The number of carbonyl (C=O) groups is 2. The minimum atomic E-state index is -0.762. The van der Waals surface area contributed by atoms with Gasteiger partial charge in [0.05, 0.1) is 19.6 Å². The Bertz CT molecular complexity index is 378. The third-order valence-electron chi connectivity index (χ3n) is 3.67. The molecule has 1 rings (SSSR count). The molecule has 1 fully saturated rings. The maximum Gasteiger partial charge on any atom is 0.410 e. The van der Waals surface area contributed by atoms with Crippen LogP contribution in [0.5, 0.6) is 0 Å². The van der Waals surface area contributed by atoms with Crippen molar-refractivity contribution in [3.05, 3.63) is 0 Å². The van der Waals surface area contributed by atoms with E-state index >= 15 is 0 Å². The molecule has 1 aliphatic heterocycles. The standard InChI is InChI=1S/C14H26N2O4/c1-10-14(15,9-11(17)19-5)7-6-8-16(10)12(18)20-13(2,3)4/h10H,6-9,15H2,1-5H3. The molecule has 6 nitrogen and oxygen atoms in total. The highest BCUT2D eigenvalue weighted by atomic mass is 16.6. The van der Waals surface area contributed by atoms with Crippen molar-refractivity contribution < 1.29 is 19.1 Å². The van der Waals surface area contributed by atoms with Crippen molar-refractivity contribution >= 4 is 12.1 Å². The second-order valence-electron chi connectivity index (χ2n) is 6.44. The van der Waals surface area contributed by atoms with Gasteiger partial charge in [0.2, 0.25) is 0 Å². The Hall–Kier alpha value is -1.30. The monoisotopic (exact) mass is 286 g/mol. The van der Waals surface area contributed by atoms with Gasteiger partial charge in [-0.1, -0.05) is 0 Å². The smallest absolute Gasteiger partial charge is 0.410 e. The summed E-state index contributed by atoms with van der Waals surface area (Å²) in [5.41, 5.74) is 5.01. The minimum absolute atomic E-state index is 0.101. The molecule has 0 radical (unpaired) electrons. The van der Waals surface area contributed by atoms with Crippen molar-refractivity contribution in [2.24, 2.45) is 5.73 Å². The van der Waals surface area contributed by atoms with Gasteiger partial charge in [0.15, 0.2) is 0 Å². The first-order chi connectivity index (χ1) is 9.09. The summed E-state index contributed by atoms with van der Waals surface area (Å²) >= 11 is 0. The zero-order chi connectivity index (χ0) is 15.6. The molecule has 0 aromatic carbocycles. The van der Waals surface area contributed by atoms with Crippen LogP contribution in [0.15, 0.2) is 0 Å². The Morgan fingerprint density at radius 3 is 2.50 bits per heavy atom. The summed E-state index contributed by atoms with van der Waals surface area (Å²) in [5, 5.41) is 0. The van der Waals surface area contributed by atoms with E-state index in [0.29, 0.717) is 13.0 Å². The normalized spacial score (nSPS) is 27.1. The molecular formula is C14H26N2O4. The van der Waals surface area contributed by atoms with E-state index in [1.807, 2.05) is 27.7 Å². The Balaban J connectivity index is 2.80. The first-order valence-electron chi connectivity index (χ1n) is 6.94. The number of amides is 1. The van der Waals surface area contributed by atoms with Gasteiger partial charge in [-0.2, -0.15) is 0 Å². The van der Waals surface area contributed by atoms with E-state index in [2.05, 4.69) is 4.74 Å². The lowest BCUT2D eigenvalue weighted by Crippen LogP contribution is -2.63. The van der Waals surface area contributed by atoms with Crippen LogP contribution in [0.2, 0.25) is 0 Å². The van der Waals surface area contributed by atoms with E-state index in [0.717, 1.165) is 6.42 Å². The molecular weight excluding hydrogens is 260 g/mol. The Labute approximate surface area is 120 Å². The summed E-state index contributed by atoms with van der Waals surface area (Å²) in [5.74, 6) is -0.356. The van der Waals surface area contributed by atoms with Gasteiger partial charge in [-0.25, -0.2) is 4.79 Å². The molecule has 0 bridgehead atoms. The summed E-state index contributed by atoms with van der Waals surface area (Å²) in [6, 6.07) is -0.273. The quantitative estimate of drug-likeness (QED) is 0.781. The number of piperidine rings is 1. The maximum absolute atomic E-state index is 12.2. The zero-order valence-electron chi connectivity index (χ0n) is 13.1. The summed E-state index contributed by atoms with van der Waals surface area (Å²) in [4.78, 5) is 25.3. The average molecular weight is 286 g/mol. The molecule has 116 valence electrons. The number of likely N-dealkylation sites (tertiary alicyclic amines) is 1. The third kappa shape index (κ3) is 4.10. The van der Waals surface area contributed by atoms with Crippen molar-refractivity contribution in [3.8, 4) is 0 Å². The maximum atomic E-state index is 12.2. The first kappa shape index (κ1) is 16.8. The lowest BCUT2D eigenvalue weighted by molar-refractivity contribution is -0.143. The molecule has 1 aliphatic rings. The number of rotatable bonds is 2. The molecule has 0 aromatic rings. The van der Waals surface area contributed by atoms with Gasteiger partial charge in [-0.05, 0) is 40.5 Å². The van der Waals surface area contributed by atoms with Gasteiger partial charge in [-0.15, -0.1) is 0 Å². The first-order valence-corrected chi connectivity index (χ1v) is 6.94. The number of hydrogen-bond acceptors (Lipinski definition) is 5. The van der Waals surface area contributed by atoms with Crippen molar-refractivity contribution in [1.29, 1.82) is 0 Å². The number of ether oxygens (including phenoxy) is 2. The number of nitrogens with zero attached hydrogens (tertiary/aromatic N) is 1. The molecule has 2 unspecified atom stereocenters. The molecule has 1 heterocycles. The highest BCUT2D eigenvalue weighted by Gasteiger charge is 2.43. The predicted molar refractivity (Wildman–Crippen MR) is 75.2 cm³/mol. The number of esters is 1. The van der Waals surface area contributed by atoms with E-state index in [1.54, 1.807) is 4.90 Å². The summed E-state index contributed by atoms with van der Waals surface area (Å²) in [6.45, 7) is 7.92. The zero-order valence-corrected chi connectivity index (χ0v) is 13.1. The molecule has 2 N–H and O–H groups in total. The van der Waals surface area contributed by atoms with Crippen LogP contribution >= 0.6 is 0 Å². The van der Waals surface area contributed by atoms with Crippen LogP contribution in [0.1, 0.15) is 47.0 Å². The topological polar surface area (TPSA) is 81.9 Å². The van der Waals surface area contributed by atoms with Gasteiger partial charge in [0.1, 0.15) is 5.60 Å². The van der Waals surface area contributed by atoms with Gasteiger partial charge >= 0.3 is 12.1 Å². The van der Waals surface area contributed by atoms with Crippen molar-refractivity contribution in [1.82, 2.24) is 4.90 Å².